The lowest BCUT2D eigenvalue weighted by molar-refractivity contribution is 0.0270. The summed E-state index contributed by atoms with van der Waals surface area (Å²) in [6.45, 7) is 0. The van der Waals surface area contributed by atoms with Crippen LogP contribution in [0.15, 0.2) is 42.6 Å². The van der Waals surface area contributed by atoms with Crippen molar-refractivity contribution in [2.24, 2.45) is 7.05 Å². The Labute approximate surface area is 193 Å². The van der Waals surface area contributed by atoms with Crippen LogP contribution in [0, 0.1) is 17.5 Å². The fourth-order valence-electron chi connectivity index (χ4n) is 3.73. The van der Waals surface area contributed by atoms with E-state index in [1.807, 2.05) is 0 Å². The molecule has 0 atom stereocenters. The molecule has 0 radical (unpaired) electrons. The van der Waals surface area contributed by atoms with Gasteiger partial charge < -0.3 is 5.32 Å². The summed E-state index contributed by atoms with van der Waals surface area (Å²) in [5.41, 5.74) is -1.91. The van der Waals surface area contributed by atoms with Crippen molar-refractivity contribution in [3.8, 4) is 11.3 Å². The zero-order valence-corrected chi connectivity index (χ0v) is 18.0. The van der Waals surface area contributed by atoms with Crippen molar-refractivity contribution in [2.45, 2.75) is 5.92 Å². The maximum absolute atomic E-state index is 15.5. The molecule has 0 aliphatic heterocycles. The van der Waals surface area contributed by atoms with Crippen LogP contribution >= 0.6 is 0 Å². The third-order valence-electron chi connectivity index (χ3n) is 5.38. The van der Waals surface area contributed by atoms with Gasteiger partial charge in [-0.3, -0.25) is 9.48 Å². The van der Waals surface area contributed by atoms with Gasteiger partial charge in [-0.2, -0.15) is 23.5 Å². The monoisotopic (exact) mass is 487 g/mol. The molecule has 0 aliphatic rings. The lowest BCUT2D eigenvalue weighted by Crippen LogP contribution is -2.22. The van der Waals surface area contributed by atoms with Gasteiger partial charge in [-0.15, -0.1) is 10.2 Å². The van der Waals surface area contributed by atoms with Gasteiger partial charge in [0.1, 0.15) is 23.0 Å². The first-order valence-electron chi connectivity index (χ1n) is 10.1. The molecule has 0 aliphatic carbocycles. The highest BCUT2D eigenvalue weighted by atomic mass is 19.3. The van der Waals surface area contributed by atoms with E-state index >= 15 is 8.78 Å². The molecule has 0 fully saturated rings. The number of halogens is 5. The largest absolute Gasteiger partial charge is 0.355 e. The van der Waals surface area contributed by atoms with Crippen molar-refractivity contribution in [1.82, 2.24) is 34.9 Å². The Bertz CT molecular complexity index is 1620. The van der Waals surface area contributed by atoms with E-state index < -0.39 is 46.2 Å². The van der Waals surface area contributed by atoms with Crippen LogP contribution in [-0.2, 0) is 13.0 Å². The number of aromatic nitrogens is 6. The van der Waals surface area contributed by atoms with Crippen LogP contribution in [0.25, 0.3) is 27.8 Å². The second-order valence-electron chi connectivity index (χ2n) is 7.67. The number of fused-ring (bicyclic) bond motifs is 2. The smallest absolute Gasteiger partial charge is 0.336 e. The van der Waals surface area contributed by atoms with Gasteiger partial charge in [0.25, 0.3) is 5.91 Å². The fourth-order valence-corrected chi connectivity index (χ4v) is 3.73. The molecule has 0 saturated heterocycles. The molecule has 35 heavy (non-hydrogen) atoms. The van der Waals surface area contributed by atoms with E-state index in [2.05, 4.69) is 25.7 Å². The Morgan fingerprint density at radius 3 is 2.37 bits per heavy atom. The van der Waals surface area contributed by atoms with Crippen LogP contribution in [0.4, 0.5) is 22.0 Å². The molecular formula is C22H14F5N7O. The van der Waals surface area contributed by atoms with E-state index in [1.165, 1.54) is 30.1 Å². The molecule has 0 unspecified atom stereocenters. The van der Waals surface area contributed by atoms with Gasteiger partial charge in [0.2, 0.25) is 5.82 Å². The summed E-state index contributed by atoms with van der Waals surface area (Å²) in [5.74, 6) is -9.48. The Balaban J connectivity index is 1.64. The van der Waals surface area contributed by atoms with Crippen molar-refractivity contribution in [1.29, 1.82) is 0 Å². The zero-order valence-electron chi connectivity index (χ0n) is 18.0. The summed E-state index contributed by atoms with van der Waals surface area (Å²) in [6, 6.07) is 6.10. The third kappa shape index (κ3) is 3.55. The third-order valence-corrected chi connectivity index (χ3v) is 5.38. The average Bonchev–Trinajstić information content (AvgIpc) is 3.39. The standard InChI is InChI=1S/C22H14F5N7O/c1-28-20(35)19-14(24)6-10(7-15(19)25)16-3-4-18-29-30-21(34(18)32-16)22(26,27)12-5-11-9-33(2)31-17(11)8-13(12)23/h3-9H,1-2H3,(H,28,35). The summed E-state index contributed by atoms with van der Waals surface area (Å²) in [6.07, 6.45) is 1.46. The van der Waals surface area contributed by atoms with Crippen LogP contribution in [0.1, 0.15) is 21.7 Å². The summed E-state index contributed by atoms with van der Waals surface area (Å²) < 4.78 is 76.5. The summed E-state index contributed by atoms with van der Waals surface area (Å²) in [4.78, 5) is 11.7. The van der Waals surface area contributed by atoms with E-state index in [-0.39, 0.29) is 27.8 Å². The molecule has 1 amide bonds. The second-order valence-corrected chi connectivity index (χ2v) is 7.67. The number of nitrogens with one attached hydrogen (secondary N) is 1. The minimum absolute atomic E-state index is 0.103. The molecule has 5 aromatic rings. The Kier molecular flexibility index (Phi) is 5.00. The molecular weight excluding hydrogens is 473 g/mol. The van der Waals surface area contributed by atoms with Crippen LogP contribution in [-0.4, -0.2) is 42.5 Å². The Morgan fingerprint density at radius 1 is 0.971 bits per heavy atom. The highest BCUT2D eigenvalue weighted by molar-refractivity contribution is 5.95. The molecule has 3 aromatic heterocycles. The summed E-state index contributed by atoms with van der Waals surface area (Å²) in [7, 11) is 2.79. The summed E-state index contributed by atoms with van der Waals surface area (Å²) >= 11 is 0. The summed E-state index contributed by atoms with van der Waals surface area (Å²) in [5, 5.41) is 17.6. The number of carbonyl (C=O) groups is 1. The van der Waals surface area contributed by atoms with Gasteiger partial charge in [0.15, 0.2) is 5.65 Å². The average molecular weight is 487 g/mol. The van der Waals surface area contributed by atoms with E-state index in [4.69, 9.17) is 0 Å². The molecule has 0 bridgehead atoms. The lowest BCUT2D eigenvalue weighted by atomic mass is 10.0. The van der Waals surface area contributed by atoms with E-state index in [0.717, 1.165) is 24.3 Å². The Morgan fingerprint density at radius 2 is 1.69 bits per heavy atom. The van der Waals surface area contributed by atoms with Gasteiger partial charge in [-0.05, 0) is 30.3 Å². The van der Waals surface area contributed by atoms with Crippen LogP contribution in [0.3, 0.4) is 0 Å². The van der Waals surface area contributed by atoms with Crippen molar-refractivity contribution in [3.05, 3.63) is 77.0 Å². The number of amides is 1. The number of aryl methyl sites for hydroxylation is 1. The van der Waals surface area contributed by atoms with E-state index in [9.17, 15) is 18.0 Å². The lowest BCUT2D eigenvalue weighted by Gasteiger charge is -2.15. The highest BCUT2D eigenvalue weighted by Gasteiger charge is 2.42. The zero-order chi connectivity index (χ0) is 25.1. The first kappa shape index (κ1) is 22.4. The van der Waals surface area contributed by atoms with Crippen molar-refractivity contribution < 1.29 is 26.7 Å². The van der Waals surface area contributed by atoms with Gasteiger partial charge in [-0.1, -0.05) is 0 Å². The van der Waals surface area contributed by atoms with Gasteiger partial charge >= 0.3 is 5.92 Å². The Hall–Kier alpha value is -4.42. The minimum Gasteiger partial charge on any atom is -0.355 e. The topological polar surface area (TPSA) is 90.0 Å². The predicted molar refractivity (Wildman–Crippen MR) is 113 cm³/mol. The van der Waals surface area contributed by atoms with Crippen molar-refractivity contribution in [3.63, 3.8) is 0 Å². The first-order valence-corrected chi connectivity index (χ1v) is 10.1. The number of benzene rings is 2. The second kappa shape index (κ2) is 7.82. The van der Waals surface area contributed by atoms with Gasteiger partial charge in [0.05, 0.1) is 16.8 Å². The van der Waals surface area contributed by atoms with Gasteiger partial charge in [0, 0.05) is 37.3 Å². The normalized spacial score (nSPS) is 12.0. The number of nitrogens with zero attached hydrogens (tertiary/aromatic N) is 6. The van der Waals surface area contributed by atoms with Crippen LogP contribution < -0.4 is 5.32 Å². The molecule has 8 nitrogen and oxygen atoms in total. The molecule has 2 aromatic carbocycles. The molecule has 0 saturated carbocycles. The quantitative estimate of drug-likeness (QED) is 0.392. The van der Waals surface area contributed by atoms with Crippen LogP contribution in [0.2, 0.25) is 0 Å². The molecule has 0 spiro atoms. The number of rotatable bonds is 4. The highest BCUT2D eigenvalue weighted by Crippen LogP contribution is 2.38. The minimum atomic E-state index is -3.97. The molecule has 1 N–H and O–H groups in total. The van der Waals surface area contributed by atoms with Crippen molar-refractivity contribution >= 4 is 22.5 Å². The fraction of sp³-hybridized carbons (Fsp3) is 0.136. The van der Waals surface area contributed by atoms with E-state index in [0.29, 0.717) is 4.52 Å². The molecule has 3 heterocycles. The maximum Gasteiger partial charge on any atom is 0.336 e. The van der Waals surface area contributed by atoms with Crippen molar-refractivity contribution in [2.75, 3.05) is 7.05 Å². The first-order chi connectivity index (χ1) is 16.6. The maximum atomic E-state index is 15.5. The number of carbonyl (C=O) groups excluding carboxylic acids is 1. The van der Waals surface area contributed by atoms with Gasteiger partial charge in [-0.25, -0.2) is 13.2 Å². The molecule has 13 heteroatoms. The molecule has 5 rings (SSSR count). The number of alkyl halides is 2. The van der Waals surface area contributed by atoms with Crippen LogP contribution in [0.5, 0.6) is 0 Å². The number of hydrogen-bond acceptors (Lipinski definition) is 5. The molecule has 178 valence electrons. The SMILES string of the molecule is CNC(=O)c1c(F)cc(-c2ccc3nnc(C(F)(F)c4cc5cn(C)nc5cc4F)n3n2)cc1F. The number of hydrogen-bond donors (Lipinski definition) is 1. The predicted octanol–water partition coefficient (Wildman–Crippen LogP) is 3.60. The van der Waals surface area contributed by atoms with E-state index in [1.54, 1.807) is 7.05 Å².